The molecule has 9 nitrogen and oxygen atoms in total. The quantitative estimate of drug-likeness (QED) is 0.684. The van der Waals surface area contributed by atoms with E-state index in [-0.39, 0.29) is 23.0 Å². The predicted molar refractivity (Wildman–Crippen MR) is 134 cm³/mol. The molecule has 35 heavy (non-hydrogen) atoms. The van der Waals surface area contributed by atoms with E-state index in [1.54, 1.807) is 18.5 Å². The van der Waals surface area contributed by atoms with Crippen molar-refractivity contribution in [2.75, 3.05) is 26.2 Å². The summed E-state index contributed by atoms with van der Waals surface area (Å²) >= 11 is 0. The third-order valence-electron chi connectivity index (χ3n) is 7.26. The van der Waals surface area contributed by atoms with E-state index in [4.69, 9.17) is 4.74 Å². The van der Waals surface area contributed by atoms with Crippen molar-refractivity contribution >= 4 is 15.5 Å². The van der Waals surface area contributed by atoms with Crippen molar-refractivity contribution in [3.8, 4) is 5.75 Å². The van der Waals surface area contributed by atoms with E-state index in [0.717, 1.165) is 30.2 Å². The summed E-state index contributed by atoms with van der Waals surface area (Å²) in [6.07, 6.45) is 4.68. The zero-order valence-corrected chi connectivity index (χ0v) is 22.0. The van der Waals surface area contributed by atoms with Gasteiger partial charge in [0.05, 0.1) is 22.4 Å². The number of nitrogens with one attached hydrogen (secondary N) is 1. The van der Waals surface area contributed by atoms with Crippen molar-refractivity contribution in [1.29, 1.82) is 0 Å². The van der Waals surface area contributed by atoms with Gasteiger partial charge in [-0.15, -0.1) is 0 Å². The van der Waals surface area contributed by atoms with Gasteiger partial charge in [0.2, 0.25) is 0 Å². The number of nitrogens with zero attached hydrogens (tertiary/aromatic N) is 5. The van der Waals surface area contributed by atoms with Crippen LogP contribution in [0.25, 0.3) is 5.70 Å². The Balaban J connectivity index is 1.41. The molecule has 2 aromatic rings. The number of ether oxygens (including phenoxy) is 1. The Morgan fingerprint density at radius 1 is 1.14 bits per heavy atom. The number of aromatic nitrogens is 3. The number of piperidine rings is 1. The highest BCUT2D eigenvalue weighted by atomic mass is 32.2. The molecule has 1 fully saturated rings. The van der Waals surface area contributed by atoms with Crippen LogP contribution in [0.3, 0.4) is 0 Å². The molecule has 1 unspecified atom stereocenters. The number of sulfone groups is 1. The maximum atomic E-state index is 13.7. The fourth-order valence-electron chi connectivity index (χ4n) is 5.24. The summed E-state index contributed by atoms with van der Waals surface area (Å²) in [5.41, 5.74) is 1.76. The Labute approximate surface area is 208 Å². The van der Waals surface area contributed by atoms with Gasteiger partial charge in [0.25, 0.3) is 0 Å². The molecule has 1 saturated heterocycles. The first-order chi connectivity index (χ1) is 16.6. The van der Waals surface area contributed by atoms with Crippen LogP contribution in [-0.2, 0) is 9.84 Å². The van der Waals surface area contributed by atoms with Gasteiger partial charge in [-0.2, -0.15) is 5.10 Å². The van der Waals surface area contributed by atoms with Crippen LogP contribution in [0.15, 0.2) is 35.6 Å². The minimum atomic E-state index is -3.45. The molecule has 4 heterocycles. The molecule has 1 aromatic heterocycles. The predicted octanol–water partition coefficient (Wildman–Crippen LogP) is 3.19. The molecule has 1 N–H and O–H groups in total. The lowest BCUT2D eigenvalue weighted by Gasteiger charge is -2.40. The van der Waals surface area contributed by atoms with E-state index in [1.165, 1.54) is 0 Å². The van der Waals surface area contributed by atoms with Crippen molar-refractivity contribution in [1.82, 2.24) is 29.9 Å². The highest BCUT2D eigenvalue weighted by molar-refractivity contribution is 7.92. The van der Waals surface area contributed by atoms with Crippen LogP contribution < -0.4 is 10.1 Å². The zero-order valence-electron chi connectivity index (χ0n) is 21.2. The van der Waals surface area contributed by atoms with Crippen molar-refractivity contribution in [3.63, 3.8) is 0 Å². The molecule has 1 aromatic carbocycles. The van der Waals surface area contributed by atoms with E-state index < -0.39 is 9.84 Å². The topological polar surface area (TPSA) is 92.6 Å². The van der Waals surface area contributed by atoms with Gasteiger partial charge < -0.3 is 15.0 Å². The number of rotatable bonds is 4. The van der Waals surface area contributed by atoms with Crippen LogP contribution >= 0.6 is 0 Å². The van der Waals surface area contributed by atoms with Gasteiger partial charge in [-0.25, -0.2) is 18.1 Å². The molecule has 0 spiro atoms. The minimum absolute atomic E-state index is 0.0538. The Morgan fingerprint density at radius 3 is 2.57 bits per heavy atom. The first-order valence-electron chi connectivity index (χ1n) is 12.5. The second-order valence-electron chi connectivity index (χ2n) is 10.9. The summed E-state index contributed by atoms with van der Waals surface area (Å²) < 4.78 is 35.2. The molecule has 1 atom stereocenters. The average molecular weight is 501 g/mol. The molecule has 3 aliphatic heterocycles. The fraction of sp³-hybridized carbons (Fsp3) is 0.600. The van der Waals surface area contributed by atoms with E-state index in [2.05, 4.69) is 59.8 Å². The Hall–Kier alpha value is -2.59. The van der Waals surface area contributed by atoms with Gasteiger partial charge in [0.1, 0.15) is 24.8 Å². The smallest absolute Gasteiger partial charge is 0.181 e. The molecule has 190 valence electrons. The number of likely N-dealkylation sites (tertiary alicyclic amines) is 1. The van der Waals surface area contributed by atoms with Crippen LogP contribution in [0.2, 0.25) is 0 Å². The lowest BCUT2D eigenvalue weighted by molar-refractivity contribution is 0.112. The van der Waals surface area contributed by atoms with Crippen LogP contribution in [0, 0.1) is 0 Å². The Bertz CT molecular complexity index is 1220. The van der Waals surface area contributed by atoms with Gasteiger partial charge in [-0.1, -0.05) is 0 Å². The fourth-order valence-corrected chi connectivity index (χ4v) is 7.01. The average Bonchev–Trinajstić information content (AvgIpc) is 3.43. The highest BCUT2D eigenvalue weighted by Crippen LogP contribution is 2.39. The molecule has 0 radical (unpaired) electrons. The van der Waals surface area contributed by atoms with Crippen LogP contribution in [0.5, 0.6) is 5.75 Å². The molecule has 0 saturated carbocycles. The lowest BCUT2D eigenvalue weighted by atomic mass is 10.0. The highest BCUT2D eigenvalue weighted by Gasteiger charge is 2.37. The largest absolute Gasteiger partial charge is 0.491 e. The zero-order chi connectivity index (χ0) is 25.0. The molecule has 0 aliphatic carbocycles. The molecular formula is C25H36N6O3S. The van der Waals surface area contributed by atoms with Crippen molar-refractivity contribution in [3.05, 3.63) is 42.1 Å². The van der Waals surface area contributed by atoms with Crippen LogP contribution in [0.4, 0.5) is 0 Å². The first kappa shape index (κ1) is 24.1. The summed E-state index contributed by atoms with van der Waals surface area (Å²) in [5.74, 6) is 1.48. The SMILES string of the molecule is CC(C)n1ncnc1C1=CN2CCOc3ccc(S(=O)(=O)C4CCN(C(C)(C)C)CC4)cc3C2N1. The summed E-state index contributed by atoms with van der Waals surface area (Å²) in [4.78, 5) is 9.35. The van der Waals surface area contributed by atoms with Crippen molar-refractivity contribution in [2.45, 2.75) is 75.4 Å². The third kappa shape index (κ3) is 4.42. The number of hydrogen-bond acceptors (Lipinski definition) is 8. The second-order valence-corrected chi connectivity index (χ2v) is 13.1. The van der Waals surface area contributed by atoms with E-state index in [1.807, 2.05) is 16.9 Å². The summed E-state index contributed by atoms with van der Waals surface area (Å²) in [7, 11) is -3.45. The molecule has 0 amide bonds. The van der Waals surface area contributed by atoms with Crippen LogP contribution in [0.1, 0.15) is 71.1 Å². The molecule has 10 heteroatoms. The molecule has 0 bridgehead atoms. The minimum Gasteiger partial charge on any atom is -0.491 e. The standard InChI is InChI=1S/C25H36N6O3S/c1-17(2)31-24(26-16-27-31)21-15-29-12-13-34-22-7-6-19(14-20(22)23(29)28-21)35(32,33)18-8-10-30(11-9-18)25(3,4)5/h6-7,14-18,23,28H,8-13H2,1-5H3. The summed E-state index contributed by atoms with van der Waals surface area (Å²) in [6.45, 7) is 13.5. The maximum absolute atomic E-state index is 13.7. The number of fused-ring (bicyclic) bond motifs is 3. The van der Waals surface area contributed by atoms with Crippen molar-refractivity contribution in [2.24, 2.45) is 0 Å². The Morgan fingerprint density at radius 2 is 1.89 bits per heavy atom. The van der Waals surface area contributed by atoms with Crippen LogP contribution in [-0.4, -0.2) is 70.0 Å². The third-order valence-corrected chi connectivity index (χ3v) is 9.52. The second kappa shape index (κ2) is 8.81. The monoisotopic (exact) mass is 500 g/mol. The maximum Gasteiger partial charge on any atom is 0.181 e. The van der Waals surface area contributed by atoms with Crippen molar-refractivity contribution < 1.29 is 13.2 Å². The van der Waals surface area contributed by atoms with Gasteiger partial charge in [-0.05, 0) is 78.7 Å². The van der Waals surface area contributed by atoms with E-state index in [9.17, 15) is 8.42 Å². The summed E-state index contributed by atoms with van der Waals surface area (Å²) in [5, 5.41) is 7.54. The number of benzene rings is 1. The lowest BCUT2D eigenvalue weighted by Crippen LogP contribution is -2.48. The number of hydrogen-bond donors (Lipinski definition) is 1. The normalized spacial score (nSPS) is 21.7. The van der Waals surface area contributed by atoms with Gasteiger partial charge >= 0.3 is 0 Å². The first-order valence-corrected chi connectivity index (χ1v) is 14.0. The van der Waals surface area contributed by atoms with E-state index >= 15 is 0 Å². The van der Waals surface area contributed by atoms with Gasteiger partial charge in [-0.3, -0.25) is 4.90 Å². The molecule has 5 rings (SSSR count). The van der Waals surface area contributed by atoms with Gasteiger partial charge in [0, 0.05) is 23.3 Å². The summed E-state index contributed by atoms with van der Waals surface area (Å²) in [6, 6.07) is 5.50. The Kier molecular flexibility index (Phi) is 6.07. The molecular weight excluding hydrogens is 464 g/mol. The molecule has 3 aliphatic rings. The van der Waals surface area contributed by atoms with E-state index in [0.29, 0.717) is 36.6 Å². The van der Waals surface area contributed by atoms with Gasteiger partial charge in [0.15, 0.2) is 15.7 Å².